The van der Waals surface area contributed by atoms with Crippen LogP contribution in [0.1, 0.15) is 37.6 Å². The highest BCUT2D eigenvalue weighted by molar-refractivity contribution is 6.25. The lowest BCUT2D eigenvalue weighted by molar-refractivity contribution is -0.385. The number of ether oxygens (including phenoxy) is 1. The largest absolute Gasteiger partial charge is 0.459 e. The van der Waals surface area contributed by atoms with Gasteiger partial charge in [0.1, 0.15) is 17.3 Å². The van der Waals surface area contributed by atoms with Crippen LogP contribution in [0.15, 0.2) is 48.5 Å². The second-order valence-corrected chi connectivity index (χ2v) is 7.87. The SMILES string of the molecule is CC(C)(C)OC(=O)[C@@H](CCN)C(=O)N(C(=O)c1c(F)cccc1[N+](=O)[O-])c1ccccc1. The molecule has 170 valence electrons. The predicted octanol–water partition coefficient (Wildman–Crippen LogP) is 3.21. The van der Waals surface area contributed by atoms with Crippen molar-refractivity contribution in [3.05, 3.63) is 70.0 Å². The Morgan fingerprint density at radius 2 is 1.75 bits per heavy atom. The highest BCUT2D eigenvalue weighted by atomic mass is 19.1. The van der Waals surface area contributed by atoms with E-state index in [-0.39, 0.29) is 18.7 Å². The Hall–Kier alpha value is -3.66. The molecule has 10 heteroatoms. The van der Waals surface area contributed by atoms with E-state index < -0.39 is 51.3 Å². The van der Waals surface area contributed by atoms with Crippen LogP contribution in [0, 0.1) is 21.8 Å². The standard InChI is InChI=1S/C22H24FN3O6/c1-22(2,3)32-21(29)15(12-13-24)19(27)25(14-8-5-4-6-9-14)20(28)18-16(23)10-7-11-17(18)26(30)31/h4-11,15H,12-13,24H2,1-3H3/t15-/m0/s1. The first-order valence-corrected chi connectivity index (χ1v) is 9.77. The highest BCUT2D eigenvalue weighted by Gasteiger charge is 2.39. The number of carbonyl (C=O) groups is 3. The molecule has 2 N–H and O–H groups in total. The summed E-state index contributed by atoms with van der Waals surface area (Å²) in [6, 6.07) is 10.3. The zero-order valence-corrected chi connectivity index (χ0v) is 17.9. The number of anilines is 1. The fraction of sp³-hybridized carbons (Fsp3) is 0.318. The van der Waals surface area contributed by atoms with Crippen molar-refractivity contribution in [3.63, 3.8) is 0 Å². The van der Waals surface area contributed by atoms with E-state index in [1.165, 1.54) is 24.3 Å². The fourth-order valence-corrected chi connectivity index (χ4v) is 2.95. The van der Waals surface area contributed by atoms with Crippen molar-refractivity contribution in [3.8, 4) is 0 Å². The number of imide groups is 1. The maximum Gasteiger partial charge on any atom is 0.319 e. The number of nitrogens with zero attached hydrogens (tertiary/aromatic N) is 2. The molecular weight excluding hydrogens is 421 g/mol. The van der Waals surface area contributed by atoms with E-state index in [2.05, 4.69) is 0 Å². The molecular formula is C22H24FN3O6. The first kappa shape index (κ1) is 24.6. The minimum absolute atomic E-state index is 0.00521. The molecule has 0 radical (unpaired) electrons. The van der Waals surface area contributed by atoms with Crippen LogP contribution in [0.2, 0.25) is 0 Å². The van der Waals surface area contributed by atoms with Gasteiger partial charge in [0, 0.05) is 6.07 Å². The summed E-state index contributed by atoms with van der Waals surface area (Å²) in [5.74, 6) is -5.88. The Kier molecular flexibility index (Phi) is 7.77. The molecule has 0 unspecified atom stereocenters. The minimum atomic E-state index is -1.48. The van der Waals surface area contributed by atoms with Crippen LogP contribution >= 0.6 is 0 Å². The second-order valence-electron chi connectivity index (χ2n) is 7.87. The number of benzene rings is 2. The third-order valence-corrected chi connectivity index (χ3v) is 4.28. The van der Waals surface area contributed by atoms with E-state index in [1.54, 1.807) is 26.8 Å². The van der Waals surface area contributed by atoms with Crippen LogP contribution < -0.4 is 10.6 Å². The van der Waals surface area contributed by atoms with Gasteiger partial charge < -0.3 is 10.5 Å². The zero-order valence-electron chi connectivity index (χ0n) is 17.9. The van der Waals surface area contributed by atoms with E-state index in [4.69, 9.17) is 10.5 Å². The van der Waals surface area contributed by atoms with Gasteiger partial charge in [-0.2, -0.15) is 0 Å². The van der Waals surface area contributed by atoms with Gasteiger partial charge in [-0.15, -0.1) is 0 Å². The summed E-state index contributed by atoms with van der Waals surface area (Å²) in [6.45, 7) is 4.75. The Morgan fingerprint density at radius 3 is 2.28 bits per heavy atom. The van der Waals surface area contributed by atoms with Crippen molar-refractivity contribution >= 4 is 29.2 Å². The van der Waals surface area contributed by atoms with Crippen molar-refractivity contribution in [2.75, 3.05) is 11.4 Å². The summed E-state index contributed by atoms with van der Waals surface area (Å²) in [7, 11) is 0. The lowest BCUT2D eigenvalue weighted by Crippen LogP contribution is -2.46. The highest BCUT2D eigenvalue weighted by Crippen LogP contribution is 2.28. The molecule has 1 atom stereocenters. The summed E-state index contributed by atoms with van der Waals surface area (Å²) in [6.07, 6.45) is -0.149. The van der Waals surface area contributed by atoms with Gasteiger partial charge in [0.15, 0.2) is 5.56 Å². The molecule has 0 saturated heterocycles. The van der Waals surface area contributed by atoms with Crippen LogP contribution in [0.5, 0.6) is 0 Å². The summed E-state index contributed by atoms with van der Waals surface area (Å²) in [5.41, 5.74) is 2.95. The van der Waals surface area contributed by atoms with E-state index in [0.717, 1.165) is 18.2 Å². The van der Waals surface area contributed by atoms with Crippen molar-refractivity contribution in [2.24, 2.45) is 11.7 Å². The van der Waals surface area contributed by atoms with Gasteiger partial charge in [0.25, 0.3) is 11.6 Å². The molecule has 0 aromatic heterocycles. The van der Waals surface area contributed by atoms with E-state index in [0.29, 0.717) is 4.90 Å². The van der Waals surface area contributed by atoms with Crippen molar-refractivity contribution in [1.29, 1.82) is 0 Å². The normalized spacial score (nSPS) is 12.0. The van der Waals surface area contributed by atoms with Crippen LogP contribution in [0.3, 0.4) is 0 Å². The minimum Gasteiger partial charge on any atom is -0.459 e. The van der Waals surface area contributed by atoms with Gasteiger partial charge in [-0.1, -0.05) is 24.3 Å². The molecule has 2 rings (SSSR count). The van der Waals surface area contributed by atoms with Gasteiger partial charge >= 0.3 is 5.97 Å². The first-order chi connectivity index (χ1) is 15.0. The number of rotatable bonds is 7. The number of hydrogen-bond donors (Lipinski definition) is 1. The number of esters is 1. The lowest BCUT2D eigenvalue weighted by Gasteiger charge is -2.27. The Morgan fingerprint density at radius 1 is 1.12 bits per heavy atom. The number of para-hydroxylation sites is 1. The molecule has 2 aromatic rings. The predicted molar refractivity (Wildman–Crippen MR) is 114 cm³/mol. The van der Waals surface area contributed by atoms with E-state index >= 15 is 0 Å². The number of amides is 2. The number of carbonyl (C=O) groups excluding carboxylic acids is 3. The van der Waals surface area contributed by atoms with Crippen LogP contribution in [-0.2, 0) is 14.3 Å². The van der Waals surface area contributed by atoms with Crippen molar-refractivity contribution in [1.82, 2.24) is 0 Å². The first-order valence-electron chi connectivity index (χ1n) is 9.77. The van der Waals surface area contributed by atoms with Crippen LogP contribution in [-0.4, -0.2) is 34.9 Å². The molecule has 0 spiro atoms. The molecule has 0 aliphatic rings. The maximum absolute atomic E-state index is 14.6. The fourth-order valence-electron chi connectivity index (χ4n) is 2.95. The molecule has 0 saturated carbocycles. The van der Waals surface area contributed by atoms with Gasteiger partial charge in [-0.25, -0.2) is 9.29 Å². The quantitative estimate of drug-likeness (QED) is 0.299. The molecule has 0 bridgehead atoms. The average Bonchev–Trinajstić information content (AvgIpc) is 2.71. The van der Waals surface area contributed by atoms with Crippen LogP contribution in [0.25, 0.3) is 0 Å². The molecule has 0 heterocycles. The third kappa shape index (κ3) is 5.73. The summed E-state index contributed by atoms with van der Waals surface area (Å²) < 4.78 is 19.9. The van der Waals surface area contributed by atoms with E-state index in [9.17, 15) is 28.9 Å². The molecule has 0 fully saturated rings. The average molecular weight is 445 g/mol. The number of nitro groups is 1. The summed E-state index contributed by atoms with van der Waals surface area (Å²) in [4.78, 5) is 50.5. The second kappa shape index (κ2) is 10.1. The summed E-state index contributed by atoms with van der Waals surface area (Å²) >= 11 is 0. The van der Waals surface area contributed by atoms with Crippen molar-refractivity contribution in [2.45, 2.75) is 32.8 Å². The Balaban J connectivity index is 2.62. The Bertz CT molecular complexity index is 1020. The van der Waals surface area contributed by atoms with Gasteiger partial charge in [0.2, 0.25) is 5.91 Å². The molecule has 2 aromatic carbocycles. The number of halogens is 1. The van der Waals surface area contributed by atoms with Gasteiger partial charge in [-0.05, 0) is 51.9 Å². The summed E-state index contributed by atoms with van der Waals surface area (Å²) in [5, 5.41) is 11.4. The molecule has 9 nitrogen and oxygen atoms in total. The van der Waals surface area contributed by atoms with Gasteiger partial charge in [0.05, 0.1) is 10.6 Å². The van der Waals surface area contributed by atoms with Crippen LogP contribution in [0.4, 0.5) is 15.8 Å². The van der Waals surface area contributed by atoms with Crippen molar-refractivity contribution < 1.29 is 28.4 Å². The Labute approximate surface area is 184 Å². The van der Waals surface area contributed by atoms with E-state index in [1.807, 2.05) is 0 Å². The maximum atomic E-state index is 14.6. The number of nitrogens with two attached hydrogens (primary N) is 1. The number of hydrogen-bond acceptors (Lipinski definition) is 7. The lowest BCUT2D eigenvalue weighted by atomic mass is 10.0. The zero-order chi connectivity index (χ0) is 24.1. The van der Waals surface area contributed by atoms with Gasteiger partial charge in [-0.3, -0.25) is 24.5 Å². The molecule has 2 amide bonds. The molecule has 32 heavy (non-hydrogen) atoms. The third-order valence-electron chi connectivity index (χ3n) is 4.28. The number of nitro benzene ring substituents is 1. The topological polar surface area (TPSA) is 133 Å². The smallest absolute Gasteiger partial charge is 0.319 e. The molecule has 0 aliphatic heterocycles. The monoisotopic (exact) mass is 445 g/mol. The molecule has 0 aliphatic carbocycles.